The molecule has 3 rings (SSSR count). The van der Waals surface area contributed by atoms with E-state index in [2.05, 4.69) is 9.88 Å². The van der Waals surface area contributed by atoms with Gasteiger partial charge in [-0.2, -0.15) is 0 Å². The van der Waals surface area contributed by atoms with E-state index in [9.17, 15) is 10.1 Å². The molecule has 0 radical (unpaired) electrons. The highest BCUT2D eigenvalue weighted by Gasteiger charge is 2.28. The molecule has 1 aliphatic heterocycles. The van der Waals surface area contributed by atoms with Crippen LogP contribution in [0, 0.1) is 23.0 Å². The average molecular weight is 273 g/mol. The SMILES string of the molecule is Cc1cc2c(N3CC(CO)C3)ccc([N+](=O)[O-])c2cn1. The number of hydrogen-bond donors (Lipinski definition) is 1. The summed E-state index contributed by atoms with van der Waals surface area (Å²) in [6.45, 7) is 3.62. The average Bonchev–Trinajstić information content (AvgIpc) is 2.37. The Labute approximate surface area is 115 Å². The molecule has 0 aliphatic carbocycles. The molecule has 0 unspecified atom stereocenters. The van der Waals surface area contributed by atoms with Crippen LogP contribution in [0.5, 0.6) is 0 Å². The topological polar surface area (TPSA) is 79.5 Å². The number of aliphatic hydroxyl groups excluding tert-OH is 1. The van der Waals surface area contributed by atoms with Gasteiger partial charge in [0.25, 0.3) is 5.69 Å². The summed E-state index contributed by atoms with van der Waals surface area (Å²) in [6.07, 6.45) is 1.57. The van der Waals surface area contributed by atoms with E-state index < -0.39 is 0 Å². The van der Waals surface area contributed by atoms with Gasteiger partial charge in [0.15, 0.2) is 0 Å². The molecule has 0 atom stereocenters. The fourth-order valence-corrected chi connectivity index (χ4v) is 2.63. The van der Waals surface area contributed by atoms with Crippen molar-refractivity contribution in [2.45, 2.75) is 6.92 Å². The molecule has 0 amide bonds. The molecule has 1 aromatic carbocycles. The fraction of sp³-hybridized carbons (Fsp3) is 0.357. The number of aliphatic hydroxyl groups is 1. The number of nitro benzene ring substituents is 1. The molecule has 0 bridgehead atoms. The van der Waals surface area contributed by atoms with Gasteiger partial charge in [-0.15, -0.1) is 0 Å². The summed E-state index contributed by atoms with van der Waals surface area (Å²) < 4.78 is 0. The Morgan fingerprint density at radius 1 is 1.45 bits per heavy atom. The van der Waals surface area contributed by atoms with E-state index in [1.807, 2.05) is 13.0 Å². The van der Waals surface area contributed by atoms with Crippen molar-refractivity contribution in [3.63, 3.8) is 0 Å². The molecular formula is C14H15N3O3. The van der Waals surface area contributed by atoms with Crippen molar-refractivity contribution >= 4 is 22.1 Å². The van der Waals surface area contributed by atoms with E-state index in [0.717, 1.165) is 29.9 Å². The van der Waals surface area contributed by atoms with Gasteiger partial charge in [0.1, 0.15) is 0 Å². The summed E-state index contributed by atoms with van der Waals surface area (Å²) in [6, 6.07) is 5.19. The zero-order valence-electron chi connectivity index (χ0n) is 11.1. The van der Waals surface area contributed by atoms with Gasteiger partial charge in [0.2, 0.25) is 0 Å². The minimum Gasteiger partial charge on any atom is -0.396 e. The zero-order chi connectivity index (χ0) is 14.3. The lowest BCUT2D eigenvalue weighted by Crippen LogP contribution is -2.48. The van der Waals surface area contributed by atoms with Crippen molar-refractivity contribution < 1.29 is 10.0 Å². The quantitative estimate of drug-likeness (QED) is 0.682. The monoisotopic (exact) mass is 273 g/mol. The third-order valence-corrected chi connectivity index (χ3v) is 3.74. The summed E-state index contributed by atoms with van der Waals surface area (Å²) >= 11 is 0. The third-order valence-electron chi connectivity index (χ3n) is 3.74. The summed E-state index contributed by atoms with van der Waals surface area (Å²) in [5, 5.41) is 21.6. The Hall–Kier alpha value is -2.21. The van der Waals surface area contributed by atoms with Crippen LogP contribution in [-0.4, -0.2) is 34.7 Å². The molecule has 6 nitrogen and oxygen atoms in total. The lowest BCUT2D eigenvalue weighted by Gasteiger charge is -2.40. The summed E-state index contributed by atoms with van der Waals surface area (Å²) in [4.78, 5) is 17.0. The van der Waals surface area contributed by atoms with Gasteiger partial charge in [0, 0.05) is 54.6 Å². The Balaban J connectivity index is 2.12. The van der Waals surface area contributed by atoms with Gasteiger partial charge in [0.05, 0.1) is 10.3 Å². The molecule has 6 heteroatoms. The molecule has 1 aliphatic rings. The van der Waals surface area contributed by atoms with E-state index in [4.69, 9.17) is 5.11 Å². The Kier molecular flexibility index (Phi) is 3.02. The molecular weight excluding hydrogens is 258 g/mol. The van der Waals surface area contributed by atoms with Crippen LogP contribution in [0.2, 0.25) is 0 Å². The lowest BCUT2D eigenvalue weighted by molar-refractivity contribution is -0.383. The number of nitrogens with zero attached hydrogens (tertiary/aromatic N) is 3. The first-order valence-electron chi connectivity index (χ1n) is 6.49. The van der Waals surface area contributed by atoms with Crippen molar-refractivity contribution in [3.8, 4) is 0 Å². The zero-order valence-corrected chi connectivity index (χ0v) is 11.1. The lowest BCUT2D eigenvalue weighted by atomic mass is 9.98. The van der Waals surface area contributed by atoms with E-state index in [1.54, 1.807) is 12.3 Å². The largest absolute Gasteiger partial charge is 0.396 e. The van der Waals surface area contributed by atoms with Crippen LogP contribution in [-0.2, 0) is 0 Å². The normalized spacial score (nSPS) is 15.4. The number of non-ortho nitro benzene ring substituents is 1. The van der Waals surface area contributed by atoms with Gasteiger partial charge in [-0.25, -0.2) is 0 Å². The maximum absolute atomic E-state index is 11.1. The molecule has 20 heavy (non-hydrogen) atoms. The van der Waals surface area contributed by atoms with Crippen LogP contribution in [0.3, 0.4) is 0 Å². The molecule has 0 saturated carbocycles. The number of nitro groups is 1. The maximum atomic E-state index is 11.1. The Bertz CT molecular complexity index is 681. The first-order valence-corrected chi connectivity index (χ1v) is 6.49. The van der Waals surface area contributed by atoms with Crippen LogP contribution in [0.4, 0.5) is 11.4 Å². The summed E-state index contributed by atoms with van der Waals surface area (Å²) in [5.74, 6) is 0.295. The number of fused-ring (bicyclic) bond motifs is 1. The highest BCUT2D eigenvalue weighted by Crippen LogP contribution is 2.36. The predicted molar refractivity (Wildman–Crippen MR) is 75.9 cm³/mol. The van der Waals surface area contributed by atoms with Gasteiger partial charge in [-0.3, -0.25) is 15.1 Å². The van der Waals surface area contributed by atoms with Crippen LogP contribution in [0.25, 0.3) is 10.8 Å². The van der Waals surface area contributed by atoms with Crippen molar-refractivity contribution in [2.24, 2.45) is 5.92 Å². The number of benzene rings is 1. The molecule has 1 N–H and O–H groups in total. The standard InChI is InChI=1S/C14H15N3O3/c1-9-4-11-12(5-15-9)14(17(19)20)3-2-13(11)16-6-10(7-16)8-18/h2-5,10,18H,6-8H2,1H3. The highest BCUT2D eigenvalue weighted by molar-refractivity contribution is 6.00. The molecule has 1 aromatic heterocycles. The molecule has 104 valence electrons. The Morgan fingerprint density at radius 2 is 2.20 bits per heavy atom. The van der Waals surface area contributed by atoms with Gasteiger partial charge >= 0.3 is 0 Å². The number of pyridine rings is 1. The fourth-order valence-electron chi connectivity index (χ4n) is 2.63. The summed E-state index contributed by atoms with van der Waals surface area (Å²) in [5.41, 5.74) is 1.88. The second-order valence-corrected chi connectivity index (χ2v) is 5.19. The maximum Gasteiger partial charge on any atom is 0.278 e. The number of anilines is 1. The van der Waals surface area contributed by atoms with E-state index >= 15 is 0 Å². The number of hydrogen-bond acceptors (Lipinski definition) is 5. The van der Waals surface area contributed by atoms with Crippen LogP contribution < -0.4 is 4.90 Å². The van der Waals surface area contributed by atoms with Gasteiger partial charge in [-0.1, -0.05) is 0 Å². The first kappa shape index (κ1) is 12.8. The highest BCUT2D eigenvalue weighted by atomic mass is 16.6. The van der Waals surface area contributed by atoms with Crippen molar-refractivity contribution in [1.29, 1.82) is 0 Å². The van der Waals surface area contributed by atoms with Gasteiger partial charge < -0.3 is 10.0 Å². The van der Waals surface area contributed by atoms with Crippen LogP contribution in [0.1, 0.15) is 5.69 Å². The van der Waals surface area contributed by atoms with Crippen LogP contribution in [0.15, 0.2) is 24.4 Å². The van der Waals surface area contributed by atoms with Crippen molar-refractivity contribution in [1.82, 2.24) is 4.98 Å². The minimum absolute atomic E-state index is 0.0791. The molecule has 2 aromatic rings. The minimum atomic E-state index is -0.379. The first-order chi connectivity index (χ1) is 9.60. The molecule has 0 spiro atoms. The van der Waals surface area contributed by atoms with E-state index in [-0.39, 0.29) is 17.2 Å². The number of rotatable bonds is 3. The molecule has 2 heterocycles. The number of aryl methyl sites for hydroxylation is 1. The van der Waals surface area contributed by atoms with Crippen molar-refractivity contribution in [3.05, 3.63) is 40.2 Å². The van der Waals surface area contributed by atoms with E-state index in [0.29, 0.717) is 11.3 Å². The Morgan fingerprint density at radius 3 is 2.85 bits per heavy atom. The van der Waals surface area contributed by atoms with Gasteiger partial charge in [-0.05, 0) is 19.1 Å². The van der Waals surface area contributed by atoms with Crippen molar-refractivity contribution in [2.75, 3.05) is 24.6 Å². The second-order valence-electron chi connectivity index (χ2n) is 5.19. The second kappa shape index (κ2) is 4.72. The van der Waals surface area contributed by atoms with E-state index in [1.165, 1.54) is 6.07 Å². The molecule has 1 fully saturated rings. The number of aromatic nitrogens is 1. The van der Waals surface area contributed by atoms with Crippen LogP contribution >= 0.6 is 0 Å². The summed E-state index contributed by atoms with van der Waals surface area (Å²) in [7, 11) is 0. The smallest absolute Gasteiger partial charge is 0.278 e. The molecule has 1 saturated heterocycles. The third kappa shape index (κ3) is 1.98. The predicted octanol–water partition coefficient (Wildman–Crippen LogP) is 1.88.